The number of rotatable bonds is 5. The standard InChI is InChI=1S/C11H13F3N2O2/c1-7(8-3-2-4-15-5-8)16-6-9(10(17)18)11(12,13)14/h2-5,7,9,16H,6H2,1H3,(H,17,18)/t7-,9?/m1/s1. The summed E-state index contributed by atoms with van der Waals surface area (Å²) in [5, 5.41) is 11.1. The summed E-state index contributed by atoms with van der Waals surface area (Å²) >= 11 is 0. The lowest BCUT2D eigenvalue weighted by Gasteiger charge is -2.20. The van der Waals surface area contributed by atoms with Crippen molar-refractivity contribution >= 4 is 5.97 Å². The molecule has 1 aromatic rings. The number of nitrogens with one attached hydrogen (secondary N) is 1. The number of carboxylic acid groups (broad SMARTS) is 1. The summed E-state index contributed by atoms with van der Waals surface area (Å²) in [4.78, 5) is 14.4. The second kappa shape index (κ2) is 5.81. The van der Waals surface area contributed by atoms with Gasteiger partial charge >= 0.3 is 12.1 Å². The van der Waals surface area contributed by atoms with Crippen molar-refractivity contribution in [3.05, 3.63) is 30.1 Å². The topological polar surface area (TPSA) is 62.2 Å². The highest BCUT2D eigenvalue weighted by atomic mass is 19.4. The monoisotopic (exact) mass is 262 g/mol. The van der Waals surface area contributed by atoms with Gasteiger partial charge in [-0.25, -0.2) is 0 Å². The molecule has 0 amide bonds. The highest BCUT2D eigenvalue weighted by Gasteiger charge is 2.44. The number of halogens is 3. The number of carboxylic acids is 1. The third kappa shape index (κ3) is 3.99. The molecule has 100 valence electrons. The summed E-state index contributed by atoms with van der Waals surface area (Å²) in [6.45, 7) is 0.973. The minimum atomic E-state index is -4.76. The van der Waals surface area contributed by atoms with Gasteiger partial charge in [0.2, 0.25) is 0 Å². The number of alkyl halides is 3. The number of hydrogen-bond acceptors (Lipinski definition) is 3. The maximum atomic E-state index is 12.4. The lowest BCUT2D eigenvalue weighted by molar-refractivity contribution is -0.192. The molecular weight excluding hydrogens is 249 g/mol. The van der Waals surface area contributed by atoms with E-state index < -0.39 is 30.7 Å². The Bertz CT molecular complexity index is 395. The fourth-order valence-electron chi connectivity index (χ4n) is 1.39. The van der Waals surface area contributed by atoms with Gasteiger partial charge in [-0.05, 0) is 18.6 Å². The van der Waals surface area contributed by atoms with Crippen LogP contribution in [0.4, 0.5) is 13.2 Å². The molecule has 2 atom stereocenters. The maximum absolute atomic E-state index is 12.4. The lowest BCUT2D eigenvalue weighted by Crippen LogP contribution is -2.39. The van der Waals surface area contributed by atoms with Crippen LogP contribution in [0.2, 0.25) is 0 Å². The first kappa shape index (κ1) is 14.4. The molecule has 1 aromatic heterocycles. The van der Waals surface area contributed by atoms with Crippen LogP contribution in [0.1, 0.15) is 18.5 Å². The first-order valence-electron chi connectivity index (χ1n) is 5.25. The Morgan fingerprint density at radius 2 is 2.22 bits per heavy atom. The Morgan fingerprint density at radius 3 is 2.67 bits per heavy atom. The molecule has 18 heavy (non-hydrogen) atoms. The van der Waals surface area contributed by atoms with Crippen molar-refractivity contribution in [2.75, 3.05) is 6.54 Å². The van der Waals surface area contributed by atoms with Crippen LogP contribution in [-0.4, -0.2) is 28.8 Å². The van der Waals surface area contributed by atoms with Gasteiger partial charge in [-0.3, -0.25) is 9.78 Å². The molecule has 0 fully saturated rings. The van der Waals surface area contributed by atoms with Gasteiger partial charge in [0.15, 0.2) is 5.92 Å². The number of aromatic nitrogens is 1. The van der Waals surface area contributed by atoms with Crippen LogP contribution in [0.3, 0.4) is 0 Å². The number of nitrogens with zero attached hydrogens (tertiary/aromatic N) is 1. The van der Waals surface area contributed by atoms with Gasteiger partial charge in [0, 0.05) is 25.0 Å². The first-order chi connectivity index (χ1) is 8.32. The second-order valence-electron chi connectivity index (χ2n) is 3.85. The highest BCUT2D eigenvalue weighted by molar-refractivity contribution is 5.71. The number of pyridine rings is 1. The molecule has 0 saturated carbocycles. The van der Waals surface area contributed by atoms with E-state index in [1.807, 2.05) is 0 Å². The molecule has 0 aromatic carbocycles. The molecule has 0 aliphatic rings. The second-order valence-corrected chi connectivity index (χ2v) is 3.85. The largest absolute Gasteiger partial charge is 0.481 e. The maximum Gasteiger partial charge on any atom is 0.403 e. The smallest absolute Gasteiger partial charge is 0.403 e. The quantitative estimate of drug-likeness (QED) is 0.852. The molecule has 0 radical (unpaired) electrons. The Labute approximate surface area is 102 Å². The van der Waals surface area contributed by atoms with Crippen molar-refractivity contribution in [2.24, 2.45) is 5.92 Å². The van der Waals surface area contributed by atoms with E-state index in [-0.39, 0.29) is 0 Å². The normalized spacial score (nSPS) is 15.1. The lowest BCUT2D eigenvalue weighted by atomic mass is 10.1. The predicted octanol–water partition coefficient (Wildman–Crippen LogP) is 2.00. The summed E-state index contributed by atoms with van der Waals surface area (Å²) in [6.07, 6.45) is -1.69. The Hall–Kier alpha value is -1.63. The SMILES string of the molecule is C[C@@H](NCC(C(=O)O)C(F)(F)F)c1cccnc1. The van der Waals surface area contributed by atoms with Crippen molar-refractivity contribution in [1.82, 2.24) is 10.3 Å². The van der Waals surface area contributed by atoms with Crippen molar-refractivity contribution in [1.29, 1.82) is 0 Å². The van der Waals surface area contributed by atoms with E-state index in [1.54, 1.807) is 25.3 Å². The molecule has 4 nitrogen and oxygen atoms in total. The molecule has 2 N–H and O–H groups in total. The molecule has 0 aliphatic carbocycles. The Kier molecular flexibility index (Phi) is 4.66. The third-order valence-electron chi connectivity index (χ3n) is 2.51. The van der Waals surface area contributed by atoms with Crippen molar-refractivity contribution in [3.63, 3.8) is 0 Å². The van der Waals surface area contributed by atoms with Gasteiger partial charge in [-0.15, -0.1) is 0 Å². The average Bonchev–Trinajstić information content (AvgIpc) is 2.28. The average molecular weight is 262 g/mol. The van der Waals surface area contributed by atoms with Crippen LogP contribution < -0.4 is 5.32 Å². The van der Waals surface area contributed by atoms with Crippen LogP contribution in [0.15, 0.2) is 24.5 Å². The van der Waals surface area contributed by atoms with Gasteiger partial charge in [0.05, 0.1) is 0 Å². The molecule has 1 heterocycles. The molecular formula is C11H13F3N2O2. The van der Waals surface area contributed by atoms with Crippen LogP contribution in [0, 0.1) is 5.92 Å². The Morgan fingerprint density at radius 1 is 1.56 bits per heavy atom. The summed E-state index contributed by atoms with van der Waals surface area (Å²) in [5.41, 5.74) is 0.698. The van der Waals surface area contributed by atoms with E-state index in [2.05, 4.69) is 10.3 Å². The zero-order chi connectivity index (χ0) is 13.8. The molecule has 0 bridgehead atoms. The number of aliphatic carboxylic acids is 1. The van der Waals surface area contributed by atoms with Gasteiger partial charge in [0.25, 0.3) is 0 Å². The predicted molar refractivity (Wildman–Crippen MR) is 57.8 cm³/mol. The minimum Gasteiger partial charge on any atom is -0.481 e. The third-order valence-corrected chi connectivity index (χ3v) is 2.51. The van der Waals surface area contributed by atoms with Crippen molar-refractivity contribution < 1.29 is 23.1 Å². The van der Waals surface area contributed by atoms with E-state index in [9.17, 15) is 18.0 Å². The summed E-state index contributed by atoms with van der Waals surface area (Å²) in [6, 6.07) is 2.96. The van der Waals surface area contributed by atoms with Gasteiger partial charge in [-0.2, -0.15) is 13.2 Å². The van der Waals surface area contributed by atoms with Crippen LogP contribution in [0.5, 0.6) is 0 Å². The Balaban J connectivity index is 2.61. The fraction of sp³-hybridized carbons (Fsp3) is 0.455. The van der Waals surface area contributed by atoms with Crippen LogP contribution >= 0.6 is 0 Å². The van der Waals surface area contributed by atoms with E-state index in [4.69, 9.17) is 5.11 Å². The van der Waals surface area contributed by atoms with Crippen LogP contribution in [-0.2, 0) is 4.79 Å². The van der Waals surface area contributed by atoms with Crippen molar-refractivity contribution in [3.8, 4) is 0 Å². The highest BCUT2D eigenvalue weighted by Crippen LogP contribution is 2.26. The zero-order valence-electron chi connectivity index (χ0n) is 9.61. The molecule has 0 saturated heterocycles. The summed E-state index contributed by atoms with van der Waals surface area (Å²) < 4.78 is 37.2. The first-order valence-corrected chi connectivity index (χ1v) is 5.25. The molecule has 1 unspecified atom stereocenters. The molecule has 0 spiro atoms. The zero-order valence-corrected chi connectivity index (χ0v) is 9.61. The van der Waals surface area contributed by atoms with Crippen molar-refractivity contribution in [2.45, 2.75) is 19.1 Å². The minimum absolute atomic E-state index is 0.400. The molecule has 0 aliphatic heterocycles. The van der Waals surface area contributed by atoms with Crippen LogP contribution in [0.25, 0.3) is 0 Å². The van der Waals surface area contributed by atoms with Gasteiger partial charge < -0.3 is 10.4 Å². The van der Waals surface area contributed by atoms with Gasteiger partial charge in [0.1, 0.15) is 0 Å². The fourth-order valence-corrected chi connectivity index (χ4v) is 1.39. The number of hydrogen-bond donors (Lipinski definition) is 2. The summed E-state index contributed by atoms with van der Waals surface area (Å²) in [5.74, 6) is -4.29. The number of carbonyl (C=O) groups is 1. The van der Waals surface area contributed by atoms with Gasteiger partial charge in [-0.1, -0.05) is 6.07 Å². The summed E-state index contributed by atoms with van der Waals surface area (Å²) in [7, 11) is 0. The van der Waals surface area contributed by atoms with E-state index in [0.29, 0.717) is 5.56 Å². The molecule has 1 rings (SSSR count). The van der Waals surface area contributed by atoms with E-state index in [0.717, 1.165) is 0 Å². The molecule has 7 heteroatoms. The van der Waals surface area contributed by atoms with E-state index in [1.165, 1.54) is 6.20 Å². The van der Waals surface area contributed by atoms with E-state index >= 15 is 0 Å².